The van der Waals surface area contributed by atoms with Gasteiger partial charge in [0.05, 0.1) is 0 Å². The summed E-state index contributed by atoms with van der Waals surface area (Å²) in [5.41, 5.74) is 1.89. The highest BCUT2D eigenvalue weighted by Crippen LogP contribution is 2.17. The van der Waals surface area contributed by atoms with Crippen LogP contribution in [0.3, 0.4) is 0 Å². The van der Waals surface area contributed by atoms with Gasteiger partial charge in [-0.05, 0) is 38.5 Å². The van der Waals surface area contributed by atoms with Gasteiger partial charge in [0.25, 0.3) is 5.91 Å². The van der Waals surface area contributed by atoms with Crippen LogP contribution in [0.5, 0.6) is 0 Å². The molecule has 1 amide bonds. The van der Waals surface area contributed by atoms with E-state index in [9.17, 15) is 9.18 Å². The molecule has 1 aliphatic rings. The predicted octanol–water partition coefficient (Wildman–Crippen LogP) is 2.50. The lowest BCUT2D eigenvalue weighted by Crippen LogP contribution is -2.49. The fraction of sp³-hybridized carbons (Fsp3) is 0.389. The van der Waals surface area contributed by atoms with Crippen LogP contribution in [0.2, 0.25) is 0 Å². The number of benzene rings is 1. The maximum atomic E-state index is 13.7. The van der Waals surface area contributed by atoms with Gasteiger partial charge < -0.3 is 9.80 Å². The summed E-state index contributed by atoms with van der Waals surface area (Å²) in [5, 5.41) is 0. The van der Waals surface area contributed by atoms with Crippen molar-refractivity contribution in [2.45, 2.75) is 20.8 Å². The number of carbonyl (C=O) groups excluding carboxylic acids is 1. The summed E-state index contributed by atoms with van der Waals surface area (Å²) in [5.74, 6) is 1.18. The maximum Gasteiger partial charge on any atom is 0.254 e. The minimum atomic E-state index is -0.341. The third kappa shape index (κ3) is 3.37. The number of anilines is 1. The van der Waals surface area contributed by atoms with Crippen molar-refractivity contribution in [1.29, 1.82) is 0 Å². The fourth-order valence-electron chi connectivity index (χ4n) is 2.91. The Bertz CT molecular complexity index is 749. The van der Waals surface area contributed by atoms with E-state index in [1.54, 1.807) is 24.0 Å². The number of piperazine rings is 1. The first-order chi connectivity index (χ1) is 11.4. The Kier molecular flexibility index (Phi) is 4.46. The monoisotopic (exact) mass is 328 g/mol. The van der Waals surface area contributed by atoms with Gasteiger partial charge in [-0.2, -0.15) is 0 Å². The first-order valence-corrected chi connectivity index (χ1v) is 8.07. The standard InChI is InChI=1S/C18H21FN4O/c1-12-4-5-15(11-16(12)19)18(24)23-8-6-22(7-9-23)17-10-13(2)20-14(3)21-17/h4-5,10-11H,6-9H2,1-3H3. The van der Waals surface area contributed by atoms with Crippen molar-refractivity contribution in [1.82, 2.24) is 14.9 Å². The maximum absolute atomic E-state index is 13.7. The molecular formula is C18H21FN4O. The van der Waals surface area contributed by atoms with E-state index < -0.39 is 0 Å². The van der Waals surface area contributed by atoms with Gasteiger partial charge in [0.15, 0.2) is 0 Å². The van der Waals surface area contributed by atoms with E-state index in [1.165, 1.54) is 6.07 Å². The van der Waals surface area contributed by atoms with Gasteiger partial charge in [0.1, 0.15) is 17.5 Å². The molecule has 1 aromatic heterocycles. The van der Waals surface area contributed by atoms with E-state index in [2.05, 4.69) is 14.9 Å². The summed E-state index contributed by atoms with van der Waals surface area (Å²) in [6.07, 6.45) is 0. The van der Waals surface area contributed by atoms with Crippen molar-refractivity contribution in [3.8, 4) is 0 Å². The molecule has 2 heterocycles. The lowest BCUT2D eigenvalue weighted by atomic mass is 10.1. The fourth-order valence-corrected chi connectivity index (χ4v) is 2.91. The van der Waals surface area contributed by atoms with Crippen molar-refractivity contribution in [3.63, 3.8) is 0 Å². The molecule has 0 unspecified atom stereocenters. The second-order valence-electron chi connectivity index (χ2n) is 6.16. The first-order valence-electron chi connectivity index (χ1n) is 8.07. The zero-order valence-corrected chi connectivity index (χ0v) is 14.2. The number of carbonyl (C=O) groups is 1. The van der Waals surface area contributed by atoms with Crippen LogP contribution in [0.1, 0.15) is 27.4 Å². The molecule has 2 aromatic rings. The summed E-state index contributed by atoms with van der Waals surface area (Å²) < 4.78 is 13.7. The second-order valence-corrected chi connectivity index (χ2v) is 6.16. The van der Waals surface area contributed by atoms with Crippen LogP contribution < -0.4 is 4.90 Å². The zero-order valence-electron chi connectivity index (χ0n) is 14.2. The average molecular weight is 328 g/mol. The highest BCUT2D eigenvalue weighted by molar-refractivity contribution is 5.94. The van der Waals surface area contributed by atoms with E-state index in [-0.39, 0.29) is 11.7 Å². The number of halogens is 1. The van der Waals surface area contributed by atoms with Crippen molar-refractivity contribution < 1.29 is 9.18 Å². The Labute approximate surface area is 141 Å². The van der Waals surface area contributed by atoms with Crippen LogP contribution in [0.25, 0.3) is 0 Å². The lowest BCUT2D eigenvalue weighted by Gasteiger charge is -2.35. The summed E-state index contributed by atoms with van der Waals surface area (Å²) in [6, 6.07) is 6.61. The van der Waals surface area contributed by atoms with Crippen LogP contribution in [0.15, 0.2) is 24.3 Å². The molecule has 0 spiro atoms. The van der Waals surface area contributed by atoms with Gasteiger partial charge in [-0.1, -0.05) is 6.07 Å². The molecule has 126 valence electrons. The molecule has 0 radical (unpaired) electrons. The number of hydrogen-bond acceptors (Lipinski definition) is 4. The number of rotatable bonds is 2. The lowest BCUT2D eigenvalue weighted by molar-refractivity contribution is 0.0746. The third-order valence-corrected chi connectivity index (χ3v) is 4.26. The Hall–Kier alpha value is -2.50. The van der Waals surface area contributed by atoms with Crippen LogP contribution in [-0.2, 0) is 0 Å². The predicted molar refractivity (Wildman–Crippen MR) is 90.8 cm³/mol. The quantitative estimate of drug-likeness (QED) is 0.850. The number of amides is 1. The Morgan fingerprint density at radius 3 is 2.38 bits per heavy atom. The first kappa shape index (κ1) is 16.4. The molecule has 0 bridgehead atoms. The van der Waals surface area contributed by atoms with Crippen LogP contribution in [0.4, 0.5) is 10.2 Å². The number of aromatic nitrogens is 2. The molecule has 0 atom stereocenters. The molecule has 5 nitrogen and oxygen atoms in total. The molecule has 24 heavy (non-hydrogen) atoms. The smallest absolute Gasteiger partial charge is 0.254 e. The molecule has 1 fully saturated rings. The minimum Gasteiger partial charge on any atom is -0.353 e. The molecule has 1 aliphatic heterocycles. The summed E-state index contributed by atoms with van der Waals surface area (Å²) in [4.78, 5) is 25.2. The topological polar surface area (TPSA) is 49.3 Å². The van der Waals surface area contributed by atoms with E-state index in [0.29, 0.717) is 37.3 Å². The van der Waals surface area contributed by atoms with Crippen molar-refractivity contribution in [3.05, 3.63) is 52.7 Å². The molecule has 1 aromatic carbocycles. The highest BCUT2D eigenvalue weighted by atomic mass is 19.1. The molecule has 0 aliphatic carbocycles. The Morgan fingerprint density at radius 2 is 1.75 bits per heavy atom. The van der Waals surface area contributed by atoms with Gasteiger partial charge in [0.2, 0.25) is 0 Å². The largest absolute Gasteiger partial charge is 0.353 e. The van der Waals surface area contributed by atoms with Crippen LogP contribution in [-0.4, -0.2) is 47.0 Å². The number of hydrogen-bond donors (Lipinski definition) is 0. The Morgan fingerprint density at radius 1 is 1.04 bits per heavy atom. The highest BCUT2D eigenvalue weighted by Gasteiger charge is 2.23. The SMILES string of the molecule is Cc1cc(N2CCN(C(=O)c3ccc(C)c(F)c3)CC2)nc(C)n1. The molecule has 6 heteroatoms. The minimum absolute atomic E-state index is 0.122. The molecule has 1 saturated heterocycles. The third-order valence-electron chi connectivity index (χ3n) is 4.26. The summed E-state index contributed by atoms with van der Waals surface area (Å²) in [6.45, 7) is 8.11. The number of aryl methyl sites for hydroxylation is 3. The van der Waals surface area contributed by atoms with Crippen LogP contribution >= 0.6 is 0 Å². The molecule has 3 rings (SSSR count). The van der Waals surface area contributed by atoms with E-state index >= 15 is 0 Å². The van der Waals surface area contributed by atoms with Gasteiger partial charge >= 0.3 is 0 Å². The second kappa shape index (κ2) is 6.55. The van der Waals surface area contributed by atoms with Crippen molar-refractivity contribution in [2.24, 2.45) is 0 Å². The Balaban J connectivity index is 1.68. The van der Waals surface area contributed by atoms with E-state index in [4.69, 9.17) is 0 Å². The normalized spacial score (nSPS) is 14.8. The zero-order chi connectivity index (χ0) is 17.3. The van der Waals surface area contributed by atoms with Crippen LogP contribution in [0, 0.1) is 26.6 Å². The molecule has 0 N–H and O–H groups in total. The molecule has 0 saturated carbocycles. The molecular weight excluding hydrogens is 307 g/mol. The number of nitrogens with zero attached hydrogens (tertiary/aromatic N) is 4. The van der Waals surface area contributed by atoms with E-state index in [1.807, 2.05) is 19.9 Å². The average Bonchev–Trinajstić information content (AvgIpc) is 2.56. The summed E-state index contributed by atoms with van der Waals surface area (Å²) >= 11 is 0. The van der Waals surface area contributed by atoms with E-state index in [0.717, 1.165) is 17.3 Å². The van der Waals surface area contributed by atoms with Gasteiger partial charge in [-0.25, -0.2) is 14.4 Å². The van der Waals surface area contributed by atoms with Crippen molar-refractivity contribution in [2.75, 3.05) is 31.1 Å². The summed E-state index contributed by atoms with van der Waals surface area (Å²) in [7, 11) is 0. The van der Waals surface area contributed by atoms with Crippen molar-refractivity contribution >= 4 is 11.7 Å². The van der Waals surface area contributed by atoms with Gasteiger partial charge in [-0.3, -0.25) is 4.79 Å². The van der Waals surface area contributed by atoms with Gasteiger partial charge in [-0.15, -0.1) is 0 Å². The van der Waals surface area contributed by atoms with Gasteiger partial charge in [0, 0.05) is 43.5 Å².